The molecule has 2 aromatic rings. The number of piperidine rings is 1. The summed E-state index contributed by atoms with van der Waals surface area (Å²) in [6.07, 6.45) is 2.58. The van der Waals surface area contributed by atoms with Gasteiger partial charge in [-0.3, -0.25) is 9.69 Å². The van der Waals surface area contributed by atoms with Crippen molar-refractivity contribution in [1.29, 1.82) is 0 Å². The molecule has 128 valence electrons. The Morgan fingerprint density at radius 2 is 2.29 bits per heavy atom. The maximum absolute atomic E-state index is 11.4. The number of aliphatic carboxylic acids is 1. The van der Waals surface area contributed by atoms with Crippen molar-refractivity contribution in [3.05, 3.63) is 29.7 Å². The number of hydrogen-bond donors (Lipinski definition) is 1. The highest BCUT2D eigenvalue weighted by molar-refractivity contribution is 5.73. The minimum absolute atomic E-state index is 0.354. The average Bonchev–Trinajstić information content (AvgIpc) is 3.04. The molecule has 1 fully saturated rings. The molecule has 3 rings (SSSR count). The average molecular weight is 331 g/mol. The highest BCUT2D eigenvalue weighted by Gasteiger charge is 2.29. The standard InChI is InChI=1S/C17H21N3O4/c1-11-6-7-12(9-14(11)23-2)16-18-15(24-19-16)10-20-8-4-3-5-13(20)17(21)22/h6-7,9,13H,3-5,8,10H2,1-2H3,(H,21,22). The van der Waals surface area contributed by atoms with Crippen LogP contribution < -0.4 is 4.74 Å². The normalized spacial score (nSPS) is 18.5. The zero-order chi connectivity index (χ0) is 17.1. The third kappa shape index (κ3) is 3.41. The molecule has 0 bridgehead atoms. The zero-order valence-electron chi connectivity index (χ0n) is 13.9. The molecule has 0 amide bonds. The van der Waals surface area contributed by atoms with E-state index in [0.717, 1.165) is 36.3 Å². The van der Waals surface area contributed by atoms with Crippen LogP contribution in [0.15, 0.2) is 22.7 Å². The summed E-state index contributed by atoms with van der Waals surface area (Å²) in [6.45, 7) is 3.05. The molecule has 0 aliphatic carbocycles. The molecule has 2 heterocycles. The lowest BCUT2D eigenvalue weighted by Crippen LogP contribution is -2.44. The molecule has 7 heteroatoms. The molecule has 24 heavy (non-hydrogen) atoms. The zero-order valence-corrected chi connectivity index (χ0v) is 13.9. The van der Waals surface area contributed by atoms with Crippen molar-refractivity contribution in [2.45, 2.75) is 38.8 Å². The first-order chi connectivity index (χ1) is 11.6. The molecule has 1 aliphatic rings. The van der Waals surface area contributed by atoms with Gasteiger partial charge in [-0.05, 0) is 37.9 Å². The van der Waals surface area contributed by atoms with E-state index in [0.29, 0.717) is 24.7 Å². The molecule has 7 nitrogen and oxygen atoms in total. The van der Waals surface area contributed by atoms with E-state index < -0.39 is 12.0 Å². The topological polar surface area (TPSA) is 88.7 Å². The summed E-state index contributed by atoms with van der Waals surface area (Å²) in [5.41, 5.74) is 1.84. The van der Waals surface area contributed by atoms with Crippen molar-refractivity contribution in [3.8, 4) is 17.1 Å². The number of methoxy groups -OCH3 is 1. The van der Waals surface area contributed by atoms with E-state index >= 15 is 0 Å². The molecule has 1 unspecified atom stereocenters. The first-order valence-corrected chi connectivity index (χ1v) is 8.03. The molecule has 1 N–H and O–H groups in total. The number of ether oxygens (including phenoxy) is 1. The third-order valence-corrected chi connectivity index (χ3v) is 4.37. The van der Waals surface area contributed by atoms with Gasteiger partial charge in [-0.25, -0.2) is 0 Å². The predicted molar refractivity (Wildman–Crippen MR) is 86.7 cm³/mol. The van der Waals surface area contributed by atoms with Crippen LogP contribution in [0.25, 0.3) is 11.4 Å². The lowest BCUT2D eigenvalue weighted by molar-refractivity contribution is -0.145. The molecule has 1 atom stereocenters. The van der Waals surface area contributed by atoms with Crippen molar-refractivity contribution >= 4 is 5.97 Å². The number of likely N-dealkylation sites (tertiary alicyclic amines) is 1. The molecule has 1 aromatic carbocycles. The summed E-state index contributed by atoms with van der Waals surface area (Å²) < 4.78 is 10.6. The van der Waals surface area contributed by atoms with Gasteiger partial charge in [-0.1, -0.05) is 23.7 Å². The van der Waals surface area contributed by atoms with Gasteiger partial charge in [0.25, 0.3) is 0 Å². The number of hydrogen-bond acceptors (Lipinski definition) is 6. The Labute approximate surface area is 140 Å². The number of carbonyl (C=O) groups is 1. The number of carboxylic acids is 1. The SMILES string of the molecule is COc1cc(-c2noc(CN3CCCCC3C(=O)O)n2)ccc1C. The minimum Gasteiger partial charge on any atom is -0.496 e. The Morgan fingerprint density at radius 1 is 1.46 bits per heavy atom. The minimum atomic E-state index is -0.794. The second kappa shape index (κ2) is 7.00. The van der Waals surface area contributed by atoms with Crippen molar-refractivity contribution in [2.24, 2.45) is 0 Å². The first kappa shape index (κ1) is 16.4. The van der Waals surface area contributed by atoms with Crippen LogP contribution in [0, 0.1) is 6.92 Å². The second-order valence-corrected chi connectivity index (χ2v) is 6.02. The quantitative estimate of drug-likeness (QED) is 0.900. The smallest absolute Gasteiger partial charge is 0.320 e. The van der Waals surface area contributed by atoms with Crippen LogP contribution in [0.2, 0.25) is 0 Å². The van der Waals surface area contributed by atoms with Crippen LogP contribution in [0.3, 0.4) is 0 Å². The highest BCUT2D eigenvalue weighted by atomic mass is 16.5. The summed E-state index contributed by atoms with van der Waals surface area (Å²) in [4.78, 5) is 17.7. The monoisotopic (exact) mass is 331 g/mol. The number of aromatic nitrogens is 2. The van der Waals surface area contributed by atoms with E-state index in [4.69, 9.17) is 9.26 Å². The Morgan fingerprint density at radius 3 is 3.04 bits per heavy atom. The molecule has 0 spiro atoms. The second-order valence-electron chi connectivity index (χ2n) is 6.02. The van der Waals surface area contributed by atoms with Gasteiger partial charge in [-0.2, -0.15) is 4.98 Å². The molecule has 1 saturated heterocycles. The van der Waals surface area contributed by atoms with Gasteiger partial charge >= 0.3 is 5.97 Å². The van der Waals surface area contributed by atoms with E-state index in [1.165, 1.54) is 0 Å². The maximum Gasteiger partial charge on any atom is 0.320 e. The van der Waals surface area contributed by atoms with Crippen molar-refractivity contribution in [1.82, 2.24) is 15.0 Å². The van der Waals surface area contributed by atoms with Crippen LogP contribution in [-0.4, -0.2) is 45.8 Å². The molecule has 1 aliphatic heterocycles. The molecule has 0 radical (unpaired) electrons. The molecular formula is C17H21N3O4. The van der Waals surface area contributed by atoms with Crippen molar-refractivity contribution < 1.29 is 19.2 Å². The van der Waals surface area contributed by atoms with E-state index in [1.54, 1.807) is 7.11 Å². The largest absolute Gasteiger partial charge is 0.496 e. The van der Waals surface area contributed by atoms with E-state index in [2.05, 4.69) is 10.1 Å². The molecular weight excluding hydrogens is 310 g/mol. The van der Waals surface area contributed by atoms with Crippen molar-refractivity contribution in [3.63, 3.8) is 0 Å². The van der Waals surface area contributed by atoms with Crippen molar-refractivity contribution in [2.75, 3.05) is 13.7 Å². The summed E-state index contributed by atoms with van der Waals surface area (Å²) in [5.74, 6) is 0.878. The van der Waals surface area contributed by atoms with Gasteiger partial charge in [0.2, 0.25) is 11.7 Å². The molecule has 0 saturated carbocycles. The first-order valence-electron chi connectivity index (χ1n) is 8.03. The van der Waals surface area contributed by atoms with Gasteiger partial charge in [0.05, 0.1) is 13.7 Å². The summed E-state index contributed by atoms with van der Waals surface area (Å²) >= 11 is 0. The lowest BCUT2D eigenvalue weighted by Gasteiger charge is -2.31. The summed E-state index contributed by atoms with van der Waals surface area (Å²) in [5, 5.41) is 13.3. The number of aryl methyl sites for hydroxylation is 1. The van der Waals surface area contributed by atoms with Crippen LogP contribution in [-0.2, 0) is 11.3 Å². The Balaban J connectivity index is 1.77. The fourth-order valence-corrected chi connectivity index (χ4v) is 3.03. The van der Waals surface area contributed by atoms with Crippen LogP contribution in [0.5, 0.6) is 5.75 Å². The Kier molecular flexibility index (Phi) is 4.80. The Hall–Kier alpha value is -2.41. The predicted octanol–water partition coefficient (Wildman–Crippen LogP) is 2.49. The third-order valence-electron chi connectivity index (χ3n) is 4.37. The van der Waals surface area contributed by atoms with Gasteiger partial charge in [0.1, 0.15) is 11.8 Å². The fraction of sp³-hybridized carbons (Fsp3) is 0.471. The van der Waals surface area contributed by atoms with Gasteiger partial charge in [0, 0.05) is 5.56 Å². The summed E-state index contributed by atoms with van der Waals surface area (Å²) in [7, 11) is 1.62. The van der Waals surface area contributed by atoms with Gasteiger partial charge in [-0.15, -0.1) is 0 Å². The lowest BCUT2D eigenvalue weighted by atomic mass is 10.0. The van der Waals surface area contributed by atoms with Crippen LogP contribution >= 0.6 is 0 Å². The number of benzene rings is 1. The van der Waals surface area contributed by atoms with Gasteiger partial charge < -0.3 is 14.4 Å². The van der Waals surface area contributed by atoms with Crippen LogP contribution in [0.4, 0.5) is 0 Å². The fourth-order valence-electron chi connectivity index (χ4n) is 3.03. The number of carboxylic acid groups (broad SMARTS) is 1. The highest BCUT2D eigenvalue weighted by Crippen LogP contribution is 2.26. The van der Waals surface area contributed by atoms with E-state index in [1.807, 2.05) is 30.0 Å². The van der Waals surface area contributed by atoms with E-state index in [9.17, 15) is 9.90 Å². The number of rotatable bonds is 5. The van der Waals surface area contributed by atoms with Crippen LogP contribution in [0.1, 0.15) is 30.7 Å². The van der Waals surface area contributed by atoms with E-state index in [-0.39, 0.29) is 0 Å². The van der Waals surface area contributed by atoms with Gasteiger partial charge in [0.15, 0.2) is 0 Å². The number of nitrogens with zero attached hydrogens (tertiary/aromatic N) is 3. The maximum atomic E-state index is 11.4. The molecule has 1 aromatic heterocycles. The Bertz CT molecular complexity index is 728. The summed E-state index contributed by atoms with van der Waals surface area (Å²) in [6, 6.07) is 5.24.